The van der Waals surface area contributed by atoms with Crippen LogP contribution in [0.25, 0.3) is 0 Å². The molecule has 0 aliphatic heterocycles. The van der Waals surface area contributed by atoms with Crippen molar-refractivity contribution < 1.29 is 24.2 Å². The van der Waals surface area contributed by atoms with Crippen molar-refractivity contribution in [2.24, 2.45) is 51.8 Å². The van der Waals surface area contributed by atoms with Crippen molar-refractivity contribution in [3.63, 3.8) is 0 Å². The molecule has 0 aromatic rings. The first kappa shape index (κ1) is 31.4. The van der Waals surface area contributed by atoms with Crippen LogP contribution in [0.1, 0.15) is 113 Å². The fourth-order valence-corrected chi connectivity index (χ4v) is 10.7. The molecule has 0 radical (unpaired) electrons. The standard InChI is InChI=1S/C37H54O5/c1-9-21(3)17-26-12-14-30(38)27-13-11-25(18-29(27)33(26)40)28-19-32(42-23(5)10-2)35(7)22(4)15-16-37(24(28)6)20-31(39)34(41)36(35,37)8/h9,11,22,24,26-29,31-32,39H,5,10,12-20H2,1-4,6-8H3/b21-9+/t22?,24-,26?,27?,28+,29?,31-,32+,35-,36-,37-/m0/s1. The molecule has 4 unspecified atom stereocenters. The zero-order chi connectivity index (χ0) is 30.8. The molecule has 0 saturated heterocycles. The van der Waals surface area contributed by atoms with Crippen LogP contribution >= 0.6 is 0 Å². The van der Waals surface area contributed by atoms with Crippen LogP contribution < -0.4 is 0 Å². The summed E-state index contributed by atoms with van der Waals surface area (Å²) in [5, 5.41) is 11.2. The average Bonchev–Trinajstić information content (AvgIpc) is 3.10. The molecule has 0 aromatic heterocycles. The number of hydrogen-bond acceptors (Lipinski definition) is 5. The molecule has 1 N–H and O–H groups in total. The molecule has 5 aliphatic rings. The Bertz CT molecular complexity index is 1210. The summed E-state index contributed by atoms with van der Waals surface area (Å²) in [7, 11) is 0. The Morgan fingerprint density at radius 1 is 1.14 bits per heavy atom. The maximum absolute atomic E-state index is 14.1. The molecule has 232 valence electrons. The fraction of sp³-hybridized carbons (Fsp3) is 0.757. The van der Waals surface area contributed by atoms with Gasteiger partial charge in [-0.25, -0.2) is 0 Å². The second kappa shape index (κ2) is 11.2. The number of carbonyl (C=O) groups is 3. The fourth-order valence-electron chi connectivity index (χ4n) is 10.7. The predicted octanol–water partition coefficient (Wildman–Crippen LogP) is 7.57. The van der Waals surface area contributed by atoms with E-state index in [1.54, 1.807) is 0 Å². The Balaban J connectivity index is 1.58. The lowest BCUT2D eigenvalue weighted by molar-refractivity contribution is -0.187. The largest absolute Gasteiger partial charge is 0.495 e. The van der Waals surface area contributed by atoms with Gasteiger partial charge < -0.3 is 9.84 Å². The smallest absolute Gasteiger partial charge is 0.168 e. The van der Waals surface area contributed by atoms with Gasteiger partial charge in [-0.2, -0.15) is 0 Å². The summed E-state index contributed by atoms with van der Waals surface area (Å²) >= 11 is 0. The highest BCUT2D eigenvalue weighted by atomic mass is 16.5. The van der Waals surface area contributed by atoms with E-state index in [4.69, 9.17) is 4.74 Å². The van der Waals surface area contributed by atoms with E-state index in [2.05, 4.69) is 53.3 Å². The molecule has 0 heterocycles. The maximum atomic E-state index is 14.1. The number of rotatable bonds is 6. The van der Waals surface area contributed by atoms with E-state index in [0.29, 0.717) is 38.5 Å². The number of ketones is 3. The van der Waals surface area contributed by atoms with Crippen LogP contribution in [-0.2, 0) is 19.1 Å². The summed E-state index contributed by atoms with van der Waals surface area (Å²) in [6.07, 6.45) is 10.1. The first-order valence-corrected chi connectivity index (χ1v) is 16.7. The van der Waals surface area contributed by atoms with Gasteiger partial charge in [0.25, 0.3) is 0 Å². The van der Waals surface area contributed by atoms with E-state index >= 15 is 0 Å². The molecule has 5 aliphatic carbocycles. The van der Waals surface area contributed by atoms with E-state index < -0.39 is 16.9 Å². The molecule has 5 nitrogen and oxygen atoms in total. The highest BCUT2D eigenvalue weighted by Crippen LogP contribution is 2.75. The molecule has 0 aromatic carbocycles. The molecule has 4 fully saturated rings. The Morgan fingerprint density at radius 3 is 2.52 bits per heavy atom. The van der Waals surface area contributed by atoms with Gasteiger partial charge in [0.15, 0.2) is 5.78 Å². The number of aliphatic hydroxyl groups is 1. The molecule has 11 atom stereocenters. The summed E-state index contributed by atoms with van der Waals surface area (Å²) in [4.78, 5) is 41.5. The number of hydrogen-bond donors (Lipinski definition) is 1. The van der Waals surface area contributed by atoms with E-state index in [-0.39, 0.29) is 64.4 Å². The minimum Gasteiger partial charge on any atom is -0.495 e. The number of aliphatic hydroxyl groups excluding tert-OH is 1. The van der Waals surface area contributed by atoms with Crippen LogP contribution in [0.5, 0.6) is 0 Å². The van der Waals surface area contributed by atoms with Crippen LogP contribution in [-0.4, -0.2) is 34.7 Å². The van der Waals surface area contributed by atoms with Gasteiger partial charge in [0, 0.05) is 41.4 Å². The third kappa shape index (κ3) is 4.38. The van der Waals surface area contributed by atoms with Gasteiger partial charge in [0.2, 0.25) is 0 Å². The molecule has 2 bridgehead atoms. The Morgan fingerprint density at radius 2 is 1.86 bits per heavy atom. The lowest BCUT2D eigenvalue weighted by Gasteiger charge is -2.62. The minimum atomic E-state index is -0.961. The number of fused-ring (bicyclic) bond motifs is 1. The number of allylic oxidation sites excluding steroid dienone is 5. The van der Waals surface area contributed by atoms with Gasteiger partial charge in [-0.15, -0.1) is 0 Å². The van der Waals surface area contributed by atoms with Gasteiger partial charge in [0.05, 0.1) is 5.76 Å². The molecule has 4 saturated carbocycles. The number of ether oxygens (including phenoxy) is 1. The van der Waals surface area contributed by atoms with Crippen LogP contribution in [0.15, 0.2) is 35.6 Å². The van der Waals surface area contributed by atoms with Crippen molar-refractivity contribution >= 4 is 17.3 Å². The summed E-state index contributed by atoms with van der Waals surface area (Å²) in [6.45, 7) is 19.3. The summed E-state index contributed by atoms with van der Waals surface area (Å²) in [5.41, 5.74) is 0.913. The second-order valence-corrected chi connectivity index (χ2v) is 15.1. The van der Waals surface area contributed by atoms with Crippen molar-refractivity contribution in [2.75, 3.05) is 0 Å². The van der Waals surface area contributed by atoms with Crippen molar-refractivity contribution in [2.45, 2.75) is 125 Å². The van der Waals surface area contributed by atoms with Gasteiger partial charge in [0.1, 0.15) is 23.8 Å². The first-order chi connectivity index (χ1) is 19.8. The van der Waals surface area contributed by atoms with Crippen molar-refractivity contribution in [3.05, 3.63) is 35.6 Å². The van der Waals surface area contributed by atoms with Crippen LogP contribution in [0.3, 0.4) is 0 Å². The Hall–Kier alpha value is -2.01. The highest BCUT2D eigenvalue weighted by molar-refractivity contribution is 5.94. The molecular weight excluding hydrogens is 524 g/mol. The number of Topliss-reactive ketones (excluding diaryl/α,β-unsaturated/α-hetero) is 3. The topological polar surface area (TPSA) is 80.7 Å². The van der Waals surface area contributed by atoms with Crippen LogP contribution in [0.2, 0.25) is 0 Å². The normalized spacial score (nSPS) is 45.9. The molecule has 5 heteroatoms. The zero-order valence-electron chi connectivity index (χ0n) is 27.1. The first-order valence-electron chi connectivity index (χ1n) is 16.7. The lowest BCUT2D eigenvalue weighted by atomic mass is 9.41. The predicted molar refractivity (Wildman–Crippen MR) is 165 cm³/mol. The third-order valence-corrected chi connectivity index (χ3v) is 13.8. The number of carbonyl (C=O) groups excluding carboxylic acids is 3. The zero-order valence-corrected chi connectivity index (χ0v) is 27.1. The summed E-state index contributed by atoms with van der Waals surface area (Å²) in [6, 6.07) is 0. The average molecular weight is 579 g/mol. The minimum absolute atomic E-state index is 0.0239. The monoisotopic (exact) mass is 578 g/mol. The van der Waals surface area contributed by atoms with E-state index in [1.165, 1.54) is 11.1 Å². The van der Waals surface area contributed by atoms with Gasteiger partial charge in [-0.05, 0) is 88.4 Å². The highest BCUT2D eigenvalue weighted by Gasteiger charge is 2.76. The Kier molecular flexibility index (Phi) is 8.35. The van der Waals surface area contributed by atoms with Crippen molar-refractivity contribution in [3.8, 4) is 0 Å². The molecule has 42 heavy (non-hydrogen) atoms. The molecular formula is C37H54O5. The van der Waals surface area contributed by atoms with Gasteiger partial charge in [-0.3, -0.25) is 14.4 Å². The van der Waals surface area contributed by atoms with Gasteiger partial charge >= 0.3 is 0 Å². The molecule has 0 spiro atoms. The van der Waals surface area contributed by atoms with E-state index in [1.807, 2.05) is 13.8 Å². The van der Waals surface area contributed by atoms with Crippen molar-refractivity contribution in [1.29, 1.82) is 0 Å². The summed E-state index contributed by atoms with van der Waals surface area (Å²) < 4.78 is 6.76. The lowest BCUT2D eigenvalue weighted by Crippen LogP contribution is -2.62. The SMILES string of the molecule is C=C(CC)O[C@@H]1C[C@@H](C2=CCC3C(=O)CCC(C/C(C)=C/C)C(=O)C3C2)[C@H](C)[C@@]23CCC(C)[C@]1(C)[C@]2(C)C(=O)[C@@H](O)C3. The maximum Gasteiger partial charge on any atom is 0.168 e. The van der Waals surface area contributed by atoms with Gasteiger partial charge in [-0.1, -0.05) is 64.5 Å². The summed E-state index contributed by atoms with van der Waals surface area (Å²) in [5.74, 6) is 1.09. The Labute approximate surface area is 253 Å². The van der Waals surface area contributed by atoms with E-state index in [9.17, 15) is 19.5 Å². The third-order valence-electron chi connectivity index (χ3n) is 13.8. The second-order valence-electron chi connectivity index (χ2n) is 15.1. The van der Waals surface area contributed by atoms with Crippen molar-refractivity contribution in [1.82, 2.24) is 0 Å². The van der Waals surface area contributed by atoms with E-state index in [0.717, 1.165) is 31.4 Å². The van der Waals surface area contributed by atoms with Crippen LogP contribution in [0.4, 0.5) is 0 Å². The van der Waals surface area contributed by atoms with Crippen LogP contribution in [0, 0.1) is 51.8 Å². The molecule has 0 amide bonds. The quantitative estimate of drug-likeness (QED) is 0.260. The molecule has 5 rings (SSSR count).